The van der Waals surface area contributed by atoms with Crippen LogP contribution < -0.4 is 5.73 Å². The van der Waals surface area contributed by atoms with Crippen molar-refractivity contribution >= 4 is 11.3 Å². The molecule has 0 fully saturated rings. The summed E-state index contributed by atoms with van der Waals surface area (Å²) in [6.45, 7) is 9.02. The van der Waals surface area contributed by atoms with Crippen molar-refractivity contribution in [3.05, 3.63) is 21.9 Å². The summed E-state index contributed by atoms with van der Waals surface area (Å²) >= 11 is 1.87. The molecule has 0 spiro atoms. The molecule has 1 unspecified atom stereocenters. The molecule has 0 saturated heterocycles. The first-order valence-electron chi connectivity index (χ1n) is 6.39. The van der Waals surface area contributed by atoms with Crippen molar-refractivity contribution in [1.82, 2.24) is 4.90 Å². The van der Waals surface area contributed by atoms with E-state index in [1.54, 1.807) is 7.11 Å². The zero-order chi connectivity index (χ0) is 13.8. The van der Waals surface area contributed by atoms with Crippen molar-refractivity contribution in [2.45, 2.75) is 32.2 Å². The van der Waals surface area contributed by atoms with Gasteiger partial charge in [-0.1, -0.05) is 20.8 Å². The number of ether oxygens (including phenoxy) is 1. The van der Waals surface area contributed by atoms with Crippen LogP contribution in [0.3, 0.4) is 0 Å². The van der Waals surface area contributed by atoms with Crippen LogP contribution in [0.15, 0.2) is 12.1 Å². The molecule has 2 N–H and O–H groups in total. The van der Waals surface area contributed by atoms with E-state index in [1.807, 2.05) is 11.3 Å². The van der Waals surface area contributed by atoms with E-state index < -0.39 is 0 Å². The van der Waals surface area contributed by atoms with Crippen LogP contribution in [0.4, 0.5) is 0 Å². The minimum atomic E-state index is 0.215. The summed E-state index contributed by atoms with van der Waals surface area (Å²) in [5.74, 6) is 0. The van der Waals surface area contributed by atoms with Crippen molar-refractivity contribution in [3.8, 4) is 0 Å². The molecule has 1 aromatic heterocycles. The Balaban J connectivity index is 2.79. The van der Waals surface area contributed by atoms with Gasteiger partial charge in [-0.2, -0.15) is 0 Å². The minimum absolute atomic E-state index is 0.215. The zero-order valence-electron chi connectivity index (χ0n) is 12.2. The molecule has 1 heterocycles. The highest BCUT2D eigenvalue weighted by molar-refractivity contribution is 7.12. The van der Waals surface area contributed by atoms with Gasteiger partial charge in [0.05, 0.1) is 12.6 Å². The van der Waals surface area contributed by atoms with E-state index in [0.29, 0.717) is 12.6 Å². The van der Waals surface area contributed by atoms with Gasteiger partial charge in [-0.15, -0.1) is 11.3 Å². The third kappa shape index (κ3) is 4.05. The van der Waals surface area contributed by atoms with E-state index in [4.69, 9.17) is 10.5 Å². The molecular formula is C14H26N2OS. The first-order chi connectivity index (χ1) is 8.40. The second-order valence-corrected chi connectivity index (χ2v) is 6.79. The van der Waals surface area contributed by atoms with Gasteiger partial charge in [0.2, 0.25) is 0 Å². The summed E-state index contributed by atoms with van der Waals surface area (Å²) in [6.07, 6.45) is 0. The third-order valence-electron chi connectivity index (χ3n) is 3.10. The van der Waals surface area contributed by atoms with Crippen LogP contribution in [0.1, 0.15) is 36.6 Å². The number of nitrogens with zero attached hydrogens (tertiary/aromatic N) is 1. The zero-order valence-corrected chi connectivity index (χ0v) is 13.0. The molecule has 0 saturated carbocycles. The Morgan fingerprint density at radius 2 is 2.06 bits per heavy atom. The van der Waals surface area contributed by atoms with E-state index in [0.717, 1.165) is 13.2 Å². The summed E-state index contributed by atoms with van der Waals surface area (Å²) < 4.78 is 5.12. The highest BCUT2D eigenvalue weighted by Gasteiger charge is 2.21. The standard InChI is InChI=1S/C14H26N2OS/c1-14(2,3)13-7-6-12(18-13)11(10-15)16(4)8-9-17-5/h6-7,11H,8-10,15H2,1-5H3. The molecular weight excluding hydrogens is 244 g/mol. The predicted octanol–water partition coefficient (Wildman–Crippen LogP) is 2.62. The van der Waals surface area contributed by atoms with Gasteiger partial charge in [-0.3, -0.25) is 4.90 Å². The molecule has 3 nitrogen and oxygen atoms in total. The summed E-state index contributed by atoms with van der Waals surface area (Å²) in [7, 11) is 3.83. The lowest BCUT2D eigenvalue weighted by atomic mass is 9.95. The summed E-state index contributed by atoms with van der Waals surface area (Å²) in [5, 5.41) is 0. The van der Waals surface area contributed by atoms with Gasteiger partial charge in [0.1, 0.15) is 0 Å². The van der Waals surface area contributed by atoms with Crippen LogP contribution in [0, 0.1) is 0 Å². The average Bonchev–Trinajstić information content (AvgIpc) is 2.76. The summed E-state index contributed by atoms with van der Waals surface area (Å²) in [4.78, 5) is 5.03. The van der Waals surface area contributed by atoms with E-state index >= 15 is 0 Å². The van der Waals surface area contributed by atoms with Crippen LogP contribution in [0.5, 0.6) is 0 Å². The molecule has 0 aliphatic rings. The lowest BCUT2D eigenvalue weighted by molar-refractivity contribution is 0.141. The molecule has 1 aromatic rings. The van der Waals surface area contributed by atoms with Gasteiger partial charge in [0, 0.05) is 30.0 Å². The van der Waals surface area contributed by atoms with Crippen molar-refractivity contribution in [2.24, 2.45) is 5.73 Å². The lowest BCUT2D eigenvalue weighted by Crippen LogP contribution is -2.32. The number of thiophene rings is 1. The largest absolute Gasteiger partial charge is 0.383 e. The molecule has 0 radical (unpaired) electrons. The molecule has 1 atom stereocenters. The molecule has 0 amide bonds. The van der Waals surface area contributed by atoms with Crippen molar-refractivity contribution < 1.29 is 4.74 Å². The van der Waals surface area contributed by atoms with Crippen LogP contribution in [-0.4, -0.2) is 38.8 Å². The average molecular weight is 270 g/mol. The van der Waals surface area contributed by atoms with E-state index in [9.17, 15) is 0 Å². The van der Waals surface area contributed by atoms with Gasteiger partial charge in [-0.05, 0) is 24.6 Å². The Morgan fingerprint density at radius 1 is 1.39 bits per heavy atom. The van der Waals surface area contributed by atoms with E-state index in [2.05, 4.69) is 44.9 Å². The SMILES string of the molecule is COCCN(C)C(CN)c1ccc(C(C)(C)C)s1. The highest BCUT2D eigenvalue weighted by Crippen LogP contribution is 2.33. The second kappa shape index (κ2) is 6.66. The quantitative estimate of drug-likeness (QED) is 0.863. The molecule has 0 aliphatic carbocycles. The van der Waals surface area contributed by atoms with Crippen molar-refractivity contribution in [1.29, 1.82) is 0 Å². The second-order valence-electron chi connectivity index (χ2n) is 5.68. The Labute approximate surface area is 115 Å². The van der Waals surface area contributed by atoms with Crippen LogP contribution in [0.25, 0.3) is 0 Å². The van der Waals surface area contributed by atoms with E-state index in [1.165, 1.54) is 9.75 Å². The number of hydrogen-bond donors (Lipinski definition) is 1. The summed E-state index contributed by atoms with van der Waals surface area (Å²) in [6, 6.07) is 4.74. The molecule has 0 aliphatic heterocycles. The van der Waals surface area contributed by atoms with Crippen molar-refractivity contribution in [3.63, 3.8) is 0 Å². The molecule has 0 aromatic carbocycles. The first-order valence-corrected chi connectivity index (χ1v) is 7.21. The highest BCUT2D eigenvalue weighted by atomic mass is 32.1. The Kier molecular flexibility index (Phi) is 5.79. The smallest absolute Gasteiger partial charge is 0.0589 e. The molecule has 1 rings (SSSR count). The van der Waals surface area contributed by atoms with Crippen LogP contribution >= 0.6 is 11.3 Å². The fourth-order valence-electron chi connectivity index (χ4n) is 1.84. The van der Waals surface area contributed by atoms with Crippen LogP contribution in [-0.2, 0) is 10.2 Å². The number of hydrogen-bond acceptors (Lipinski definition) is 4. The lowest BCUT2D eigenvalue weighted by Gasteiger charge is -2.26. The van der Waals surface area contributed by atoms with Gasteiger partial charge in [-0.25, -0.2) is 0 Å². The number of likely N-dealkylation sites (N-methyl/N-ethyl adjacent to an activating group) is 1. The number of rotatable bonds is 6. The maximum Gasteiger partial charge on any atom is 0.0589 e. The van der Waals surface area contributed by atoms with Crippen molar-refractivity contribution in [2.75, 3.05) is 33.9 Å². The maximum atomic E-state index is 5.92. The number of nitrogens with two attached hydrogens (primary N) is 1. The molecule has 4 heteroatoms. The fourth-order valence-corrected chi connectivity index (χ4v) is 3.08. The molecule has 104 valence electrons. The fraction of sp³-hybridized carbons (Fsp3) is 0.714. The first kappa shape index (κ1) is 15.6. The Morgan fingerprint density at radius 3 is 2.50 bits per heavy atom. The van der Waals surface area contributed by atoms with Gasteiger partial charge in [0.15, 0.2) is 0 Å². The van der Waals surface area contributed by atoms with Gasteiger partial charge >= 0.3 is 0 Å². The Bertz CT molecular complexity index is 357. The normalized spacial score (nSPS) is 14.2. The van der Waals surface area contributed by atoms with Gasteiger partial charge in [0.25, 0.3) is 0 Å². The summed E-state index contributed by atoms with van der Waals surface area (Å²) in [5.41, 5.74) is 6.14. The maximum absolute atomic E-state index is 5.92. The predicted molar refractivity (Wildman–Crippen MR) is 79.3 cm³/mol. The topological polar surface area (TPSA) is 38.5 Å². The van der Waals surface area contributed by atoms with Gasteiger partial charge < -0.3 is 10.5 Å². The molecule has 0 bridgehead atoms. The third-order valence-corrected chi connectivity index (χ3v) is 4.71. The number of methoxy groups -OCH3 is 1. The Hall–Kier alpha value is -0.420. The minimum Gasteiger partial charge on any atom is -0.383 e. The van der Waals surface area contributed by atoms with E-state index in [-0.39, 0.29) is 5.41 Å². The monoisotopic (exact) mass is 270 g/mol. The van der Waals surface area contributed by atoms with Crippen LogP contribution in [0.2, 0.25) is 0 Å². The molecule has 18 heavy (non-hydrogen) atoms.